The van der Waals surface area contributed by atoms with Gasteiger partial charge in [0.25, 0.3) is 5.91 Å². The SMILES string of the molecule is O=C(NCc1ccco1)c1cccnc1N1CCc2ccccc2C1. The van der Waals surface area contributed by atoms with Crippen molar-refractivity contribution in [2.24, 2.45) is 0 Å². The summed E-state index contributed by atoms with van der Waals surface area (Å²) in [7, 11) is 0. The summed E-state index contributed by atoms with van der Waals surface area (Å²) in [5, 5.41) is 2.90. The quantitative estimate of drug-likeness (QED) is 0.797. The van der Waals surface area contributed by atoms with Gasteiger partial charge >= 0.3 is 0 Å². The van der Waals surface area contributed by atoms with Crippen molar-refractivity contribution in [2.75, 3.05) is 11.4 Å². The van der Waals surface area contributed by atoms with Gasteiger partial charge in [0.1, 0.15) is 11.6 Å². The smallest absolute Gasteiger partial charge is 0.255 e. The van der Waals surface area contributed by atoms with Gasteiger partial charge in [-0.2, -0.15) is 0 Å². The maximum absolute atomic E-state index is 12.6. The number of nitrogens with one attached hydrogen (secondary N) is 1. The van der Waals surface area contributed by atoms with Crippen LogP contribution < -0.4 is 10.2 Å². The number of carbonyl (C=O) groups is 1. The van der Waals surface area contributed by atoms with E-state index in [4.69, 9.17) is 4.42 Å². The van der Waals surface area contributed by atoms with Crippen molar-refractivity contribution in [3.8, 4) is 0 Å². The number of hydrogen-bond donors (Lipinski definition) is 1. The van der Waals surface area contributed by atoms with Crippen LogP contribution in [0.2, 0.25) is 0 Å². The Bertz CT molecular complexity index is 874. The van der Waals surface area contributed by atoms with Gasteiger partial charge in [-0.3, -0.25) is 4.79 Å². The lowest BCUT2D eigenvalue weighted by Crippen LogP contribution is -2.33. The average molecular weight is 333 g/mol. The van der Waals surface area contributed by atoms with Gasteiger partial charge in [-0.05, 0) is 41.8 Å². The van der Waals surface area contributed by atoms with Crippen LogP contribution in [0.25, 0.3) is 0 Å². The molecule has 0 fully saturated rings. The van der Waals surface area contributed by atoms with Gasteiger partial charge in [0.2, 0.25) is 0 Å². The number of aromatic nitrogens is 1. The maximum Gasteiger partial charge on any atom is 0.255 e. The second kappa shape index (κ2) is 6.81. The number of anilines is 1. The molecule has 0 atom stereocenters. The van der Waals surface area contributed by atoms with Gasteiger partial charge in [-0.25, -0.2) is 4.98 Å². The fourth-order valence-corrected chi connectivity index (χ4v) is 3.18. The predicted octanol–water partition coefficient (Wildman–Crippen LogP) is 3.17. The van der Waals surface area contributed by atoms with E-state index in [1.807, 2.05) is 18.2 Å². The Balaban J connectivity index is 1.54. The molecular formula is C20H19N3O2. The van der Waals surface area contributed by atoms with Crippen LogP contribution in [0.3, 0.4) is 0 Å². The highest BCUT2D eigenvalue weighted by atomic mass is 16.3. The molecule has 0 saturated carbocycles. The van der Waals surface area contributed by atoms with E-state index in [2.05, 4.69) is 39.5 Å². The van der Waals surface area contributed by atoms with Crippen LogP contribution in [-0.4, -0.2) is 17.4 Å². The summed E-state index contributed by atoms with van der Waals surface area (Å²) in [4.78, 5) is 19.3. The van der Waals surface area contributed by atoms with Crippen LogP contribution in [0.5, 0.6) is 0 Å². The Morgan fingerprint density at radius 3 is 2.84 bits per heavy atom. The number of benzene rings is 1. The average Bonchev–Trinajstić information content (AvgIpc) is 3.19. The van der Waals surface area contributed by atoms with Crippen LogP contribution in [0.15, 0.2) is 65.4 Å². The van der Waals surface area contributed by atoms with Crippen LogP contribution in [0, 0.1) is 0 Å². The molecule has 3 heterocycles. The number of rotatable bonds is 4. The number of nitrogens with zero attached hydrogens (tertiary/aromatic N) is 2. The lowest BCUT2D eigenvalue weighted by Gasteiger charge is -2.30. The summed E-state index contributed by atoms with van der Waals surface area (Å²) >= 11 is 0. The summed E-state index contributed by atoms with van der Waals surface area (Å²) in [6.45, 7) is 1.99. The van der Waals surface area contributed by atoms with Crippen molar-refractivity contribution in [3.63, 3.8) is 0 Å². The first-order chi connectivity index (χ1) is 12.3. The van der Waals surface area contributed by atoms with Crippen LogP contribution >= 0.6 is 0 Å². The van der Waals surface area contributed by atoms with Gasteiger partial charge in [-0.15, -0.1) is 0 Å². The molecule has 0 aliphatic carbocycles. The first-order valence-corrected chi connectivity index (χ1v) is 8.38. The second-order valence-electron chi connectivity index (χ2n) is 6.08. The minimum atomic E-state index is -0.140. The lowest BCUT2D eigenvalue weighted by atomic mass is 9.99. The van der Waals surface area contributed by atoms with Gasteiger partial charge in [0.05, 0.1) is 18.4 Å². The molecule has 25 heavy (non-hydrogen) atoms. The van der Waals surface area contributed by atoms with Crippen molar-refractivity contribution in [1.82, 2.24) is 10.3 Å². The summed E-state index contributed by atoms with van der Waals surface area (Å²) in [6, 6.07) is 15.7. The van der Waals surface area contributed by atoms with Crippen LogP contribution in [0.4, 0.5) is 5.82 Å². The highest BCUT2D eigenvalue weighted by molar-refractivity contribution is 5.98. The Hall–Kier alpha value is -3.08. The zero-order valence-electron chi connectivity index (χ0n) is 13.8. The van der Waals surface area contributed by atoms with Crippen molar-refractivity contribution < 1.29 is 9.21 Å². The first kappa shape index (κ1) is 15.4. The van der Waals surface area contributed by atoms with Gasteiger partial charge in [-0.1, -0.05) is 24.3 Å². The monoisotopic (exact) mass is 333 g/mol. The van der Waals surface area contributed by atoms with Gasteiger partial charge in [0.15, 0.2) is 0 Å². The fourth-order valence-electron chi connectivity index (χ4n) is 3.18. The summed E-state index contributed by atoms with van der Waals surface area (Å²) in [5.41, 5.74) is 3.26. The van der Waals surface area contributed by atoms with E-state index in [1.165, 1.54) is 11.1 Å². The molecule has 1 aromatic carbocycles. The minimum Gasteiger partial charge on any atom is -0.467 e. The lowest BCUT2D eigenvalue weighted by molar-refractivity contribution is 0.0948. The van der Waals surface area contributed by atoms with Crippen molar-refractivity contribution in [2.45, 2.75) is 19.5 Å². The van der Waals surface area contributed by atoms with E-state index in [1.54, 1.807) is 18.5 Å². The largest absolute Gasteiger partial charge is 0.467 e. The third-order valence-corrected chi connectivity index (χ3v) is 4.46. The van der Waals surface area contributed by atoms with E-state index in [0.717, 1.165) is 31.1 Å². The Morgan fingerprint density at radius 2 is 2.00 bits per heavy atom. The zero-order chi connectivity index (χ0) is 17.1. The van der Waals surface area contributed by atoms with Crippen LogP contribution in [-0.2, 0) is 19.5 Å². The van der Waals surface area contributed by atoms with Crippen molar-refractivity contribution in [1.29, 1.82) is 0 Å². The molecule has 1 N–H and O–H groups in total. The van der Waals surface area contributed by atoms with E-state index in [0.29, 0.717) is 12.1 Å². The van der Waals surface area contributed by atoms with Crippen molar-refractivity contribution in [3.05, 3.63) is 83.4 Å². The third-order valence-electron chi connectivity index (χ3n) is 4.46. The highest BCUT2D eigenvalue weighted by Crippen LogP contribution is 2.25. The van der Waals surface area contributed by atoms with Gasteiger partial charge < -0.3 is 14.6 Å². The molecule has 0 spiro atoms. The summed E-state index contributed by atoms with van der Waals surface area (Å²) in [5.74, 6) is 1.32. The maximum atomic E-state index is 12.6. The molecule has 4 rings (SSSR count). The van der Waals surface area contributed by atoms with Crippen LogP contribution in [0.1, 0.15) is 27.2 Å². The minimum absolute atomic E-state index is 0.140. The van der Waals surface area contributed by atoms with E-state index in [-0.39, 0.29) is 5.91 Å². The van der Waals surface area contributed by atoms with Gasteiger partial charge in [0, 0.05) is 19.3 Å². The van der Waals surface area contributed by atoms with Crippen molar-refractivity contribution >= 4 is 11.7 Å². The fraction of sp³-hybridized carbons (Fsp3) is 0.200. The number of amides is 1. The molecule has 1 aliphatic rings. The summed E-state index contributed by atoms with van der Waals surface area (Å²) < 4.78 is 5.26. The molecule has 1 aliphatic heterocycles. The molecule has 0 unspecified atom stereocenters. The molecule has 126 valence electrons. The van der Waals surface area contributed by atoms with E-state index in [9.17, 15) is 4.79 Å². The highest BCUT2D eigenvalue weighted by Gasteiger charge is 2.22. The number of hydrogen-bond acceptors (Lipinski definition) is 4. The number of pyridine rings is 1. The number of fused-ring (bicyclic) bond motifs is 1. The molecule has 0 saturated heterocycles. The molecule has 5 nitrogen and oxygen atoms in total. The zero-order valence-corrected chi connectivity index (χ0v) is 13.8. The normalized spacial score (nSPS) is 13.4. The first-order valence-electron chi connectivity index (χ1n) is 8.38. The molecule has 3 aromatic rings. The number of carbonyl (C=O) groups excluding carboxylic acids is 1. The topological polar surface area (TPSA) is 58.4 Å². The number of furan rings is 1. The van der Waals surface area contributed by atoms with E-state index >= 15 is 0 Å². The molecular weight excluding hydrogens is 314 g/mol. The summed E-state index contributed by atoms with van der Waals surface area (Å²) in [6.07, 6.45) is 4.29. The molecule has 0 bridgehead atoms. The molecule has 0 radical (unpaired) electrons. The third kappa shape index (κ3) is 3.26. The molecule has 5 heteroatoms. The Kier molecular flexibility index (Phi) is 4.21. The Morgan fingerprint density at radius 1 is 1.12 bits per heavy atom. The standard InChI is InChI=1S/C20H19N3O2/c24-20(22-13-17-7-4-12-25-17)18-8-3-10-21-19(18)23-11-9-15-5-1-2-6-16(15)14-23/h1-8,10,12H,9,11,13-14H2,(H,22,24). The molecule has 1 amide bonds. The Labute approximate surface area is 146 Å². The van der Waals surface area contributed by atoms with E-state index < -0.39 is 0 Å². The predicted molar refractivity (Wildman–Crippen MR) is 95.3 cm³/mol. The second-order valence-corrected chi connectivity index (χ2v) is 6.08. The molecule has 2 aromatic heterocycles.